The van der Waals surface area contributed by atoms with Crippen molar-refractivity contribution in [2.45, 2.75) is 26.4 Å². The van der Waals surface area contributed by atoms with Crippen LogP contribution in [-0.2, 0) is 14.3 Å². The fraction of sp³-hybridized carbons (Fsp3) is 0.889. The summed E-state index contributed by atoms with van der Waals surface area (Å²) in [6.07, 6.45) is 0. The van der Waals surface area contributed by atoms with Gasteiger partial charge in [-0.1, -0.05) is 6.92 Å². The second kappa shape index (κ2) is 5.19. The first-order chi connectivity index (χ1) is 5.96. The fourth-order valence-electron chi connectivity index (χ4n) is 0.891. The maximum absolute atomic E-state index is 11.3. The van der Waals surface area contributed by atoms with Gasteiger partial charge in [-0.15, -0.1) is 0 Å². The second-order valence-corrected chi connectivity index (χ2v) is 3.22. The topological polar surface area (TPSA) is 55.8 Å². The van der Waals surface area contributed by atoms with Crippen molar-refractivity contribution in [2.75, 3.05) is 20.3 Å². The molecular weight excluding hydrogens is 172 g/mol. The number of rotatable bonds is 5. The highest BCUT2D eigenvalue weighted by molar-refractivity contribution is 5.79. The molecule has 0 aromatic heterocycles. The van der Waals surface area contributed by atoms with Crippen molar-refractivity contribution < 1.29 is 19.4 Å². The average molecular weight is 190 g/mol. The van der Waals surface area contributed by atoms with E-state index in [2.05, 4.69) is 0 Å². The van der Waals surface area contributed by atoms with Crippen LogP contribution in [0, 0.1) is 5.92 Å². The lowest BCUT2D eigenvalue weighted by Crippen LogP contribution is -2.44. The molecule has 0 rings (SSSR count). The van der Waals surface area contributed by atoms with Crippen LogP contribution in [0.15, 0.2) is 0 Å². The number of aliphatic hydroxyl groups is 1. The Morgan fingerprint density at radius 3 is 2.54 bits per heavy atom. The number of carbonyl (C=O) groups excluding carboxylic acids is 1. The summed E-state index contributed by atoms with van der Waals surface area (Å²) in [5.41, 5.74) is -1.47. The summed E-state index contributed by atoms with van der Waals surface area (Å²) in [7, 11) is 1.53. The summed E-state index contributed by atoms with van der Waals surface area (Å²) in [4.78, 5) is 11.3. The molecule has 0 aromatic rings. The molecule has 0 aromatic carbocycles. The van der Waals surface area contributed by atoms with Gasteiger partial charge in [-0.25, -0.2) is 4.79 Å². The van der Waals surface area contributed by atoms with E-state index in [4.69, 9.17) is 9.47 Å². The van der Waals surface area contributed by atoms with Gasteiger partial charge in [0, 0.05) is 13.0 Å². The molecule has 78 valence electrons. The zero-order valence-electron chi connectivity index (χ0n) is 8.66. The van der Waals surface area contributed by atoms with Crippen LogP contribution in [0.5, 0.6) is 0 Å². The Morgan fingerprint density at radius 1 is 1.62 bits per heavy atom. The first-order valence-corrected chi connectivity index (χ1v) is 4.35. The van der Waals surface area contributed by atoms with Crippen LogP contribution in [0.3, 0.4) is 0 Å². The van der Waals surface area contributed by atoms with Crippen LogP contribution in [0.25, 0.3) is 0 Å². The second-order valence-electron chi connectivity index (χ2n) is 3.22. The molecule has 4 nitrogen and oxygen atoms in total. The van der Waals surface area contributed by atoms with E-state index >= 15 is 0 Å². The van der Waals surface area contributed by atoms with Gasteiger partial charge >= 0.3 is 5.97 Å². The third kappa shape index (κ3) is 3.32. The standard InChI is InChI=1S/C9H18O4/c1-5-13-8(10)9(3,11)7(2)6-12-4/h7,11H,5-6H2,1-4H3. The molecule has 0 heterocycles. The molecule has 0 saturated heterocycles. The minimum atomic E-state index is -1.47. The van der Waals surface area contributed by atoms with Crippen LogP contribution in [0.1, 0.15) is 20.8 Å². The molecule has 0 aliphatic rings. The Morgan fingerprint density at radius 2 is 2.15 bits per heavy atom. The van der Waals surface area contributed by atoms with Crippen molar-refractivity contribution in [1.29, 1.82) is 0 Å². The van der Waals surface area contributed by atoms with Gasteiger partial charge < -0.3 is 14.6 Å². The van der Waals surface area contributed by atoms with Gasteiger partial charge in [-0.2, -0.15) is 0 Å². The molecule has 0 amide bonds. The normalized spacial score (nSPS) is 17.6. The summed E-state index contributed by atoms with van der Waals surface area (Å²) in [6, 6.07) is 0. The van der Waals surface area contributed by atoms with E-state index in [0.717, 1.165) is 0 Å². The predicted molar refractivity (Wildman–Crippen MR) is 48.3 cm³/mol. The molecule has 4 heteroatoms. The third-order valence-electron chi connectivity index (χ3n) is 2.06. The largest absolute Gasteiger partial charge is 0.464 e. The molecule has 0 spiro atoms. The lowest BCUT2D eigenvalue weighted by molar-refractivity contribution is -0.170. The highest BCUT2D eigenvalue weighted by Crippen LogP contribution is 2.18. The van der Waals surface area contributed by atoms with Gasteiger partial charge in [0.1, 0.15) is 0 Å². The first kappa shape index (κ1) is 12.4. The molecule has 2 unspecified atom stereocenters. The maximum atomic E-state index is 11.3. The zero-order valence-corrected chi connectivity index (χ0v) is 8.66. The highest BCUT2D eigenvalue weighted by Gasteiger charge is 2.37. The van der Waals surface area contributed by atoms with Crippen LogP contribution in [0.4, 0.5) is 0 Å². The summed E-state index contributed by atoms with van der Waals surface area (Å²) in [5, 5.41) is 9.76. The van der Waals surface area contributed by atoms with Crippen molar-refractivity contribution in [3.05, 3.63) is 0 Å². The molecule has 0 radical (unpaired) electrons. The SMILES string of the molecule is CCOC(=O)C(C)(O)C(C)COC. The molecule has 1 N–H and O–H groups in total. The molecule has 13 heavy (non-hydrogen) atoms. The number of methoxy groups -OCH3 is 1. The lowest BCUT2D eigenvalue weighted by Gasteiger charge is -2.27. The Balaban J connectivity index is 4.26. The lowest BCUT2D eigenvalue weighted by atomic mass is 9.92. The van der Waals surface area contributed by atoms with Crippen molar-refractivity contribution >= 4 is 5.97 Å². The number of hydrogen-bond donors (Lipinski definition) is 1. The zero-order chi connectivity index (χ0) is 10.5. The highest BCUT2D eigenvalue weighted by atomic mass is 16.5. The Labute approximate surface area is 78.8 Å². The van der Waals surface area contributed by atoms with Gasteiger partial charge in [0.05, 0.1) is 13.2 Å². The summed E-state index contributed by atoms with van der Waals surface area (Å²) in [6.45, 7) is 5.48. The van der Waals surface area contributed by atoms with E-state index in [1.165, 1.54) is 14.0 Å². The Hall–Kier alpha value is -0.610. The number of carbonyl (C=O) groups is 1. The summed E-state index contributed by atoms with van der Waals surface area (Å²) >= 11 is 0. The van der Waals surface area contributed by atoms with Gasteiger partial charge in [0.15, 0.2) is 5.60 Å². The van der Waals surface area contributed by atoms with Crippen LogP contribution in [0.2, 0.25) is 0 Å². The van der Waals surface area contributed by atoms with E-state index in [1.807, 2.05) is 0 Å². The molecule has 0 aliphatic heterocycles. The quantitative estimate of drug-likeness (QED) is 0.644. The maximum Gasteiger partial charge on any atom is 0.338 e. The van der Waals surface area contributed by atoms with E-state index < -0.39 is 11.6 Å². The molecule has 2 atom stereocenters. The summed E-state index contributed by atoms with van der Waals surface area (Å²) in [5.74, 6) is -0.879. The Kier molecular flexibility index (Phi) is 4.95. The van der Waals surface area contributed by atoms with E-state index in [1.54, 1.807) is 13.8 Å². The molecule has 0 bridgehead atoms. The van der Waals surface area contributed by atoms with Crippen LogP contribution < -0.4 is 0 Å². The van der Waals surface area contributed by atoms with Crippen molar-refractivity contribution in [1.82, 2.24) is 0 Å². The fourth-order valence-corrected chi connectivity index (χ4v) is 0.891. The smallest absolute Gasteiger partial charge is 0.338 e. The minimum Gasteiger partial charge on any atom is -0.464 e. The van der Waals surface area contributed by atoms with E-state index in [-0.39, 0.29) is 12.5 Å². The van der Waals surface area contributed by atoms with Gasteiger partial charge in [-0.05, 0) is 13.8 Å². The molecule has 0 saturated carbocycles. The van der Waals surface area contributed by atoms with Crippen LogP contribution >= 0.6 is 0 Å². The average Bonchev–Trinajstić information content (AvgIpc) is 2.05. The Bertz CT molecular complexity index is 165. The predicted octanol–water partition coefficient (Wildman–Crippen LogP) is 0.583. The summed E-state index contributed by atoms with van der Waals surface area (Å²) < 4.78 is 9.58. The van der Waals surface area contributed by atoms with Gasteiger partial charge in [-0.3, -0.25) is 0 Å². The van der Waals surface area contributed by atoms with Crippen molar-refractivity contribution in [3.8, 4) is 0 Å². The molecule has 0 fully saturated rings. The van der Waals surface area contributed by atoms with Crippen molar-refractivity contribution in [2.24, 2.45) is 5.92 Å². The van der Waals surface area contributed by atoms with Crippen LogP contribution in [-0.4, -0.2) is 37.0 Å². The van der Waals surface area contributed by atoms with Gasteiger partial charge in [0.25, 0.3) is 0 Å². The number of esters is 1. The van der Waals surface area contributed by atoms with E-state index in [0.29, 0.717) is 6.61 Å². The van der Waals surface area contributed by atoms with Gasteiger partial charge in [0.2, 0.25) is 0 Å². The minimum absolute atomic E-state index is 0.273. The molecule has 0 aliphatic carbocycles. The number of ether oxygens (including phenoxy) is 2. The van der Waals surface area contributed by atoms with E-state index in [9.17, 15) is 9.90 Å². The number of hydrogen-bond acceptors (Lipinski definition) is 4. The first-order valence-electron chi connectivity index (χ1n) is 4.35. The molecular formula is C9H18O4. The monoisotopic (exact) mass is 190 g/mol. The van der Waals surface area contributed by atoms with Crippen molar-refractivity contribution in [3.63, 3.8) is 0 Å². The third-order valence-corrected chi connectivity index (χ3v) is 2.06.